The molecular weight excluding hydrogens is 476 g/mol. The number of ether oxygens (including phenoxy) is 2. The van der Waals surface area contributed by atoms with Gasteiger partial charge in [-0.25, -0.2) is 0 Å². The number of methoxy groups -OCH3 is 1. The topological polar surface area (TPSA) is 69.0 Å². The van der Waals surface area contributed by atoms with Crippen LogP contribution < -0.4 is 14.8 Å². The SMILES string of the molecule is COc1ccc(-c2cc3ccccn3c2C(=O)C(=O)Nc2ccc(Oc3ccccc3)cc2)cc1Cl. The summed E-state index contributed by atoms with van der Waals surface area (Å²) < 4.78 is 12.7. The van der Waals surface area contributed by atoms with Crippen LogP contribution >= 0.6 is 11.6 Å². The van der Waals surface area contributed by atoms with E-state index >= 15 is 0 Å². The Kier molecular flexibility index (Phi) is 6.43. The zero-order valence-corrected chi connectivity index (χ0v) is 20.0. The fourth-order valence-corrected chi connectivity index (χ4v) is 4.19. The first-order chi connectivity index (χ1) is 17.5. The van der Waals surface area contributed by atoms with Crippen LogP contribution in [0.15, 0.2) is 103 Å². The van der Waals surface area contributed by atoms with E-state index in [1.165, 1.54) is 7.11 Å². The Morgan fingerprint density at radius 2 is 1.56 bits per heavy atom. The highest BCUT2D eigenvalue weighted by Gasteiger charge is 2.25. The van der Waals surface area contributed by atoms with Gasteiger partial charge in [-0.05, 0) is 72.3 Å². The molecule has 0 bridgehead atoms. The number of para-hydroxylation sites is 1. The Morgan fingerprint density at radius 1 is 0.833 bits per heavy atom. The largest absolute Gasteiger partial charge is 0.495 e. The van der Waals surface area contributed by atoms with Crippen LogP contribution in [0, 0.1) is 0 Å². The average molecular weight is 497 g/mol. The van der Waals surface area contributed by atoms with Gasteiger partial charge in [0.25, 0.3) is 11.7 Å². The normalized spacial score (nSPS) is 10.7. The summed E-state index contributed by atoms with van der Waals surface area (Å²) in [6.45, 7) is 0. The molecule has 6 nitrogen and oxygen atoms in total. The summed E-state index contributed by atoms with van der Waals surface area (Å²) in [4.78, 5) is 26.4. The molecule has 2 aromatic heterocycles. The van der Waals surface area contributed by atoms with Crippen molar-refractivity contribution in [2.24, 2.45) is 0 Å². The van der Waals surface area contributed by atoms with Crippen LogP contribution in [-0.2, 0) is 4.79 Å². The number of aromatic nitrogens is 1. The molecule has 1 N–H and O–H groups in total. The van der Waals surface area contributed by atoms with Crippen molar-refractivity contribution in [2.45, 2.75) is 0 Å². The van der Waals surface area contributed by atoms with Gasteiger partial charge in [0.15, 0.2) is 0 Å². The predicted molar refractivity (Wildman–Crippen MR) is 140 cm³/mol. The Balaban J connectivity index is 1.42. The molecule has 0 saturated heterocycles. The van der Waals surface area contributed by atoms with Gasteiger partial charge >= 0.3 is 0 Å². The van der Waals surface area contributed by atoms with E-state index in [-0.39, 0.29) is 5.69 Å². The lowest BCUT2D eigenvalue weighted by Crippen LogP contribution is -2.24. The maximum absolute atomic E-state index is 13.4. The van der Waals surface area contributed by atoms with Crippen LogP contribution in [0.2, 0.25) is 5.02 Å². The third-order valence-electron chi connectivity index (χ3n) is 5.65. The van der Waals surface area contributed by atoms with Gasteiger partial charge in [-0.1, -0.05) is 41.9 Å². The molecule has 7 heteroatoms. The fraction of sp³-hybridized carbons (Fsp3) is 0.0345. The summed E-state index contributed by atoms with van der Waals surface area (Å²) >= 11 is 6.34. The average Bonchev–Trinajstić information content (AvgIpc) is 3.29. The minimum absolute atomic E-state index is 0.244. The van der Waals surface area contributed by atoms with E-state index in [1.807, 2.05) is 48.5 Å². The van der Waals surface area contributed by atoms with Crippen molar-refractivity contribution < 1.29 is 19.1 Å². The van der Waals surface area contributed by atoms with E-state index in [9.17, 15) is 9.59 Å². The zero-order chi connectivity index (χ0) is 25.1. The molecule has 0 radical (unpaired) electrons. The smallest absolute Gasteiger partial charge is 0.298 e. The molecule has 0 fully saturated rings. The van der Waals surface area contributed by atoms with Crippen LogP contribution in [0.1, 0.15) is 10.5 Å². The number of ketones is 1. The van der Waals surface area contributed by atoms with Gasteiger partial charge in [-0.15, -0.1) is 0 Å². The number of nitrogens with zero attached hydrogens (tertiary/aromatic N) is 1. The molecule has 1 amide bonds. The number of rotatable bonds is 7. The molecule has 0 aliphatic carbocycles. The molecule has 5 aromatic rings. The first-order valence-electron chi connectivity index (χ1n) is 11.2. The van der Waals surface area contributed by atoms with Gasteiger partial charge in [0.2, 0.25) is 0 Å². The molecule has 0 saturated carbocycles. The van der Waals surface area contributed by atoms with E-state index in [4.69, 9.17) is 21.1 Å². The predicted octanol–water partition coefficient (Wildman–Crippen LogP) is 6.88. The second-order valence-electron chi connectivity index (χ2n) is 7.97. The third-order valence-corrected chi connectivity index (χ3v) is 5.95. The van der Waals surface area contributed by atoms with Crippen LogP contribution in [0.3, 0.4) is 0 Å². The number of fused-ring (bicyclic) bond motifs is 1. The molecule has 0 aliphatic rings. The number of carbonyl (C=O) groups is 2. The summed E-state index contributed by atoms with van der Waals surface area (Å²) in [6, 6.07) is 28.8. The van der Waals surface area contributed by atoms with Gasteiger partial charge in [0.05, 0.1) is 12.1 Å². The molecule has 0 atom stereocenters. The summed E-state index contributed by atoms with van der Waals surface area (Å²) in [5.41, 5.74) is 2.79. The van der Waals surface area contributed by atoms with Gasteiger partial charge in [-0.3, -0.25) is 9.59 Å². The lowest BCUT2D eigenvalue weighted by atomic mass is 10.0. The van der Waals surface area contributed by atoms with Crippen molar-refractivity contribution >= 4 is 34.5 Å². The van der Waals surface area contributed by atoms with Gasteiger partial charge in [0, 0.05) is 23.0 Å². The highest BCUT2D eigenvalue weighted by molar-refractivity contribution is 6.47. The summed E-state index contributed by atoms with van der Waals surface area (Å²) in [7, 11) is 1.53. The van der Waals surface area contributed by atoms with Crippen molar-refractivity contribution in [3.8, 4) is 28.4 Å². The minimum atomic E-state index is -0.753. The van der Waals surface area contributed by atoms with E-state index in [0.717, 1.165) is 5.52 Å². The van der Waals surface area contributed by atoms with Crippen molar-refractivity contribution in [3.63, 3.8) is 0 Å². The summed E-state index contributed by atoms with van der Waals surface area (Å²) in [5, 5.41) is 3.10. The minimum Gasteiger partial charge on any atom is -0.495 e. The number of carbonyl (C=O) groups excluding carboxylic acids is 2. The van der Waals surface area contributed by atoms with Crippen LogP contribution in [0.25, 0.3) is 16.6 Å². The molecule has 2 heterocycles. The lowest BCUT2D eigenvalue weighted by molar-refractivity contribution is -0.112. The molecule has 178 valence electrons. The standard InChI is InChI=1S/C29H21ClN2O4/c1-35-26-15-10-19(17-25(26)30)24-18-21-7-5-6-16-32(21)27(24)28(33)29(34)31-20-11-13-23(14-12-20)36-22-8-3-2-4-9-22/h2-18H,1H3,(H,31,34). The van der Waals surface area contributed by atoms with Crippen molar-refractivity contribution in [2.75, 3.05) is 12.4 Å². The quantitative estimate of drug-likeness (QED) is 0.197. The lowest BCUT2D eigenvalue weighted by Gasteiger charge is -2.10. The van der Waals surface area contributed by atoms with Gasteiger partial charge in [-0.2, -0.15) is 0 Å². The number of hydrogen-bond acceptors (Lipinski definition) is 4. The van der Waals surface area contributed by atoms with Crippen molar-refractivity contribution in [3.05, 3.63) is 114 Å². The van der Waals surface area contributed by atoms with Crippen LogP contribution in [0.4, 0.5) is 5.69 Å². The first kappa shape index (κ1) is 23.2. The number of Topliss-reactive ketones (excluding diaryl/α,β-unsaturated/α-hetero) is 1. The highest BCUT2D eigenvalue weighted by atomic mass is 35.5. The molecule has 3 aromatic carbocycles. The van der Waals surface area contributed by atoms with Gasteiger partial charge < -0.3 is 19.2 Å². The second-order valence-corrected chi connectivity index (χ2v) is 8.38. The zero-order valence-electron chi connectivity index (χ0n) is 19.3. The van der Waals surface area contributed by atoms with Crippen LogP contribution in [0.5, 0.6) is 17.2 Å². The van der Waals surface area contributed by atoms with E-state index in [0.29, 0.717) is 39.1 Å². The fourth-order valence-electron chi connectivity index (χ4n) is 3.94. The highest BCUT2D eigenvalue weighted by Crippen LogP contribution is 2.34. The monoisotopic (exact) mass is 496 g/mol. The Morgan fingerprint density at radius 3 is 2.28 bits per heavy atom. The molecule has 5 rings (SSSR count). The third kappa shape index (κ3) is 4.67. The maximum atomic E-state index is 13.4. The number of nitrogens with one attached hydrogen (secondary N) is 1. The molecule has 0 unspecified atom stereocenters. The summed E-state index contributed by atoms with van der Waals surface area (Å²) in [6.07, 6.45) is 1.75. The molecule has 0 aliphatic heterocycles. The maximum Gasteiger partial charge on any atom is 0.298 e. The van der Waals surface area contributed by atoms with Gasteiger partial charge in [0.1, 0.15) is 22.9 Å². The Hall–Kier alpha value is -4.55. The molecular formula is C29H21ClN2O4. The van der Waals surface area contributed by atoms with Crippen molar-refractivity contribution in [1.82, 2.24) is 4.40 Å². The summed E-state index contributed by atoms with van der Waals surface area (Å²) in [5.74, 6) is 0.413. The van der Waals surface area contributed by atoms with E-state index in [1.54, 1.807) is 59.1 Å². The number of amides is 1. The number of anilines is 1. The van der Waals surface area contributed by atoms with Crippen LogP contribution in [-0.4, -0.2) is 23.2 Å². The number of benzene rings is 3. The first-order valence-corrected chi connectivity index (χ1v) is 11.5. The Labute approximate surface area is 212 Å². The number of hydrogen-bond donors (Lipinski definition) is 1. The number of halogens is 1. The second kappa shape index (κ2) is 9.98. The van der Waals surface area contributed by atoms with E-state index in [2.05, 4.69) is 5.32 Å². The number of pyridine rings is 1. The Bertz CT molecular complexity index is 1560. The van der Waals surface area contributed by atoms with E-state index < -0.39 is 11.7 Å². The molecule has 0 spiro atoms. The van der Waals surface area contributed by atoms with Crippen molar-refractivity contribution in [1.29, 1.82) is 0 Å². The molecule has 36 heavy (non-hydrogen) atoms.